The summed E-state index contributed by atoms with van der Waals surface area (Å²) in [4.78, 5) is 11.8. The third-order valence-corrected chi connectivity index (χ3v) is 2.64. The fourth-order valence-corrected chi connectivity index (χ4v) is 1.68. The molecule has 0 bridgehead atoms. The SMILES string of the molecule is O=C(NN1CCOCC1)C(O)c1ccccc1. The van der Waals surface area contributed by atoms with Gasteiger partial charge in [-0.2, -0.15) is 0 Å². The van der Waals surface area contributed by atoms with E-state index in [4.69, 9.17) is 4.74 Å². The van der Waals surface area contributed by atoms with E-state index in [9.17, 15) is 9.90 Å². The van der Waals surface area contributed by atoms with Crippen LogP contribution in [0.15, 0.2) is 30.3 Å². The monoisotopic (exact) mass is 236 g/mol. The molecule has 0 aromatic heterocycles. The zero-order chi connectivity index (χ0) is 12.1. The summed E-state index contributed by atoms with van der Waals surface area (Å²) < 4.78 is 5.17. The lowest BCUT2D eigenvalue weighted by Gasteiger charge is -2.27. The molecule has 0 radical (unpaired) electrons. The Labute approximate surface area is 100.0 Å². The first-order chi connectivity index (χ1) is 8.27. The van der Waals surface area contributed by atoms with Gasteiger partial charge in [0.1, 0.15) is 0 Å². The topological polar surface area (TPSA) is 61.8 Å². The van der Waals surface area contributed by atoms with Gasteiger partial charge < -0.3 is 9.84 Å². The van der Waals surface area contributed by atoms with Crippen molar-refractivity contribution in [3.8, 4) is 0 Å². The van der Waals surface area contributed by atoms with Gasteiger partial charge in [-0.3, -0.25) is 10.2 Å². The number of hydrazine groups is 1. The van der Waals surface area contributed by atoms with Crippen molar-refractivity contribution < 1.29 is 14.6 Å². The minimum absolute atomic E-state index is 0.405. The van der Waals surface area contributed by atoms with Crippen LogP contribution in [0.4, 0.5) is 0 Å². The Balaban J connectivity index is 1.91. The van der Waals surface area contributed by atoms with Crippen LogP contribution in [0.2, 0.25) is 0 Å². The molecule has 1 saturated heterocycles. The number of ether oxygens (including phenoxy) is 1. The third kappa shape index (κ3) is 3.26. The van der Waals surface area contributed by atoms with Crippen LogP contribution in [0.1, 0.15) is 11.7 Å². The summed E-state index contributed by atoms with van der Waals surface area (Å²) in [5, 5.41) is 11.6. The first kappa shape index (κ1) is 12.0. The zero-order valence-corrected chi connectivity index (χ0v) is 9.50. The highest BCUT2D eigenvalue weighted by molar-refractivity contribution is 5.81. The Bertz CT molecular complexity index is 363. The van der Waals surface area contributed by atoms with E-state index in [0.717, 1.165) is 0 Å². The van der Waals surface area contributed by atoms with Crippen molar-refractivity contribution in [2.24, 2.45) is 0 Å². The first-order valence-corrected chi connectivity index (χ1v) is 5.63. The molecule has 5 nitrogen and oxygen atoms in total. The summed E-state index contributed by atoms with van der Waals surface area (Å²) >= 11 is 0. The second-order valence-corrected chi connectivity index (χ2v) is 3.89. The van der Waals surface area contributed by atoms with E-state index in [0.29, 0.717) is 31.9 Å². The van der Waals surface area contributed by atoms with Gasteiger partial charge >= 0.3 is 0 Å². The largest absolute Gasteiger partial charge is 0.379 e. The number of morpholine rings is 1. The number of carbonyl (C=O) groups is 1. The molecule has 1 aliphatic rings. The Morgan fingerprint density at radius 1 is 1.29 bits per heavy atom. The Hall–Kier alpha value is -1.43. The zero-order valence-electron chi connectivity index (χ0n) is 9.50. The molecule has 92 valence electrons. The van der Waals surface area contributed by atoms with Crippen LogP contribution in [0, 0.1) is 0 Å². The summed E-state index contributed by atoms with van der Waals surface area (Å²) in [7, 11) is 0. The molecule has 2 rings (SSSR count). The van der Waals surface area contributed by atoms with Gasteiger partial charge in [0.2, 0.25) is 0 Å². The summed E-state index contributed by atoms with van der Waals surface area (Å²) in [6.45, 7) is 2.49. The highest BCUT2D eigenvalue weighted by atomic mass is 16.5. The fourth-order valence-electron chi connectivity index (χ4n) is 1.68. The van der Waals surface area contributed by atoms with Gasteiger partial charge in [-0.05, 0) is 5.56 Å². The van der Waals surface area contributed by atoms with Crippen LogP contribution in [0.25, 0.3) is 0 Å². The van der Waals surface area contributed by atoms with Crippen LogP contribution in [-0.4, -0.2) is 42.3 Å². The minimum atomic E-state index is -1.13. The van der Waals surface area contributed by atoms with Crippen LogP contribution >= 0.6 is 0 Å². The number of aliphatic hydroxyl groups excluding tert-OH is 1. The maximum Gasteiger partial charge on any atom is 0.267 e. The predicted molar refractivity (Wildman–Crippen MR) is 61.9 cm³/mol. The van der Waals surface area contributed by atoms with Crippen molar-refractivity contribution in [1.82, 2.24) is 10.4 Å². The number of amides is 1. The standard InChI is InChI=1S/C12H16N2O3/c15-11(10-4-2-1-3-5-10)12(16)13-14-6-8-17-9-7-14/h1-5,11,15H,6-9H2,(H,13,16). The van der Waals surface area contributed by atoms with Gasteiger partial charge in [-0.1, -0.05) is 30.3 Å². The number of nitrogens with one attached hydrogen (secondary N) is 1. The average molecular weight is 236 g/mol. The molecule has 0 spiro atoms. The van der Waals surface area contributed by atoms with E-state index in [1.807, 2.05) is 6.07 Å². The maximum absolute atomic E-state index is 11.8. The molecule has 1 aromatic rings. The minimum Gasteiger partial charge on any atom is -0.379 e. The van der Waals surface area contributed by atoms with Crippen molar-refractivity contribution in [3.05, 3.63) is 35.9 Å². The highest BCUT2D eigenvalue weighted by Crippen LogP contribution is 2.12. The molecule has 1 aliphatic heterocycles. The van der Waals surface area contributed by atoms with E-state index in [1.165, 1.54) is 0 Å². The molecule has 5 heteroatoms. The lowest BCUT2D eigenvalue weighted by molar-refractivity contribution is -0.136. The van der Waals surface area contributed by atoms with Crippen molar-refractivity contribution in [1.29, 1.82) is 0 Å². The van der Waals surface area contributed by atoms with Crippen molar-refractivity contribution >= 4 is 5.91 Å². The third-order valence-electron chi connectivity index (χ3n) is 2.64. The lowest BCUT2D eigenvalue weighted by atomic mass is 10.1. The van der Waals surface area contributed by atoms with Crippen molar-refractivity contribution in [2.75, 3.05) is 26.3 Å². The molecular weight excluding hydrogens is 220 g/mol. The summed E-state index contributed by atoms with van der Waals surface area (Å²) in [6, 6.07) is 8.88. The van der Waals surface area contributed by atoms with Gasteiger partial charge in [-0.25, -0.2) is 5.01 Å². The summed E-state index contributed by atoms with van der Waals surface area (Å²) in [5.74, 6) is -0.405. The smallest absolute Gasteiger partial charge is 0.267 e. The average Bonchev–Trinajstić information content (AvgIpc) is 2.40. The fraction of sp³-hybridized carbons (Fsp3) is 0.417. The molecule has 1 atom stereocenters. The molecule has 1 unspecified atom stereocenters. The van der Waals surface area contributed by atoms with Crippen LogP contribution in [-0.2, 0) is 9.53 Å². The molecule has 1 amide bonds. The number of nitrogens with zero attached hydrogens (tertiary/aromatic N) is 1. The predicted octanol–water partition coefficient (Wildman–Crippen LogP) is 0.0834. The van der Waals surface area contributed by atoms with E-state index < -0.39 is 12.0 Å². The van der Waals surface area contributed by atoms with Gasteiger partial charge in [0.25, 0.3) is 5.91 Å². The van der Waals surface area contributed by atoms with E-state index in [2.05, 4.69) is 5.43 Å². The molecule has 0 aliphatic carbocycles. The number of hydrogen-bond acceptors (Lipinski definition) is 4. The number of rotatable bonds is 3. The van der Waals surface area contributed by atoms with Gasteiger partial charge in [0, 0.05) is 13.1 Å². The number of hydrogen-bond donors (Lipinski definition) is 2. The molecular formula is C12H16N2O3. The normalized spacial score (nSPS) is 18.6. The Kier molecular flexibility index (Phi) is 4.08. The first-order valence-electron chi connectivity index (χ1n) is 5.63. The van der Waals surface area contributed by atoms with E-state index in [-0.39, 0.29) is 0 Å². The molecule has 1 aromatic carbocycles. The maximum atomic E-state index is 11.8. The molecule has 1 heterocycles. The van der Waals surface area contributed by atoms with E-state index >= 15 is 0 Å². The number of aliphatic hydroxyl groups is 1. The second-order valence-electron chi connectivity index (χ2n) is 3.89. The lowest BCUT2D eigenvalue weighted by Crippen LogP contribution is -2.49. The summed E-state index contributed by atoms with van der Waals surface area (Å²) in [5.41, 5.74) is 3.28. The molecule has 1 fully saturated rings. The van der Waals surface area contributed by atoms with Crippen LogP contribution in [0.5, 0.6) is 0 Å². The van der Waals surface area contributed by atoms with E-state index in [1.54, 1.807) is 29.3 Å². The molecule has 0 saturated carbocycles. The Morgan fingerprint density at radius 3 is 2.59 bits per heavy atom. The molecule has 2 N–H and O–H groups in total. The van der Waals surface area contributed by atoms with Gasteiger partial charge in [-0.15, -0.1) is 0 Å². The Morgan fingerprint density at radius 2 is 1.94 bits per heavy atom. The quantitative estimate of drug-likeness (QED) is 0.780. The van der Waals surface area contributed by atoms with Gasteiger partial charge in [0.05, 0.1) is 13.2 Å². The van der Waals surface area contributed by atoms with Crippen LogP contribution in [0.3, 0.4) is 0 Å². The van der Waals surface area contributed by atoms with Crippen molar-refractivity contribution in [3.63, 3.8) is 0 Å². The second kappa shape index (κ2) is 5.77. The van der Waals surface area contributed by atoms with Crippen LogP contribution < -0.4 is 5.43 Å². The highest BCUT2D eigenvalue weighted by Gasteiger charge is 2.20. The number of carbonyl (C=O) groups excluding carboxylic acids is 1. The molecule has 17 heavy (non-hydrogen) atoms. The summed E-state index contributed by atoms with van der Waals surface area (Å²) in [6.07, 6.45) is -1.13. The number of benzene rings is 1. The van der Waals surface area contributed by atoms with Crippen molar-refractivity contribution in [2.45, 2.75) is 6.10 Å². The van der Waals surface area contributed by atoms with Gasteiger partial charge in [0.15, 0.2) is 6.10 Å².